The van der Waals surface area contributed by atoms with E-state index in [1.54, 1.807) is 27.7 Å². The number of ether oxygens (including phenoxy) is 2. The Labute approximate surface area is 139 Å². The van der Waals surface area contributed by atoms with Crippen LogP contribution in [-0.2, 0) is 9.47 Å². The normalized spacial score (nSPS) is 10.4. The Kier molecular flexibility index (Phi) is 5.50. The van der Waals surface area contributed by atoms with Gasteiger partial charge in [-0.2, -0.15) is 11.3 Å². The van der Waals surface area contributed by atoms with Gasteiger partial charge < -0.3 is 9.47 Å². The Hall–Kier alpha value is -2.21. The van der Waals surface area contributed by atoms with Crippen molar-refractivity contribution < 1.29 is 19.1 Å². The Morgan fingerprint density at radius 2 is 1.57 bits per heavy atom. The van der Waals surface area contributed by atoms with Crippen LogP contribution in [0.4, 0.5) is 0 Å². The highest BCUT2D eigenvalue weighted by Gasteiger charge is 2.27. The summed E-state index contributed by atoms with van der Waals surface area (Å²) in [4.78, 5) is 29.2. The van der Waals surface area contributed by atoms with Gasteiger partial charge in [-0.15, -0.1) is 0 Å². The molecule has 0 saturated heterocycles. The maximum atomic E-state index is 12.4. The lowest BCUT2D eigenvalue weighted by molar-refractivity contribution is 0.0525. The molecule has 0 saturated carbocycles. The van der Waals surface area contributed by atoms with E-state index >= 15 is 0 Å². The largest absolute Gasteiger partial charge is 0.462 e. The molecule has 0 atom stereocenters. The van der Waals surface area contributed by atoms with E-state index in [4.69, 9.17) is 9.47 Å². The molecule has 2 aromatic rings. The minimum atomic E-state index is -0.482. The zero-order valence-electron chi connectivity index (χ0n) is 13.6. The monoisotopic (exact) mass is 333 g/mol. The number of carbonyl (C=O) groups is 2. The van der Waals surface area contributed by atoms with Crippen LogP contribution in [0.15, 0.2) is 16.8 Å². The fourth-order valence-corrected chi connectivity index (χ4v) is 3.10. The first-order chi connectivity index (χ1) is 11.0. The molecule has 2 heterocycles. The minimum absolute atomic E-state index is 0.254. The lowest BCUT2D eigenvalue weighted by Crippen LogP contribution is -2.17. The molecule has 0 spiro atoms. The predicted molar refractivity (Wildman–Crippen MR) is 88.9 cm³/mol. The number of aryl methyl sites for hydroxylation is 2. The Bertz CT molecular complexity index is 680. The van der Waals surface area contributed by atoms with Crippen LogP contribution in [0.5, 0.6) is 0 Å². The Balaban J connectivity index is 2.78. The minimum Gasteiger partial charge on any atom is -0.462 e. The highest BCUT2D eigenvalue weighted by atomic mass is 32.1. The second kappa shape index (κ2) is 7.37. The van der Waals surface area contributed by atoms with Gasteiger partial charge in [0.1, 0.15) is 0 Å². The third kappa shape index (κ3) is 3.42. The van der Waals surface area contributed by atoms with E-state index in [0.717, 1.165) is 5.56 Å². The number of nitrogens with zero attached hydrogens (tertiary/aromatic N) is 1. The molecule has 0 radical (unpaired) electrons. The fourth-order valence-electron chi connectivity index (χ4n) is 2.45. The summed E-state index contributed by atoms with van der Waals surface area (Å²) in [7, 11) is 0. The highest BCUT2D eigenvalue weighted by Crippen LogP contribution is 2.33. The molecule has 6 heteroatoms. The summed E-state index contributed by atoms with van der Waals surface area (Å²) in [6.45, 7) is 7.47. The van der Waals surface area contributed by atoms with E-state index < -0.39 is 11.9 Å². The van der Waals surface area contributed by atoms with Crippen molar-refractivity contribution in [2.45, 2.75) is 27.7 Å². The molecule has 0 N–H and O–H groups in total. The molecule has 2 aromatic heterocycles. The average molecular weight is 333 g/mol. The van der Waals surface area contributed by atoms with Gasteiger partial charge in [0.2, 0.25) is 0 Å². The summed E-state index contributed by atoms with van der Waals surface area (Å²) in [5.74, 6) is -0.964. The molecule has 0 aliphatic rings. The van der Waals surface area contributed by atoms with E-state index in [9.17, 15) is 9.59 Å². The third-order valence-corrected chi connectivity index (χ3v) is 4.01. The summed E-state index contributed by atoms with van der Waals surface area (Å²) < 4.78 is 10.3. The molecule has 122 valence electrons. The van der Waals surface area contributed by atoms with Gasteiger partial charge in [-0.1, -0.05) is 0 Å². The van der Waals surface area contributed by atoms with Crippen molar-refractivity contribution in [3.8, 4) is 11.1 Å². The number of aromatic nitrogens is 1. The van der Waals surface area contributed by atoms with Gasteiger partial charge in [-0.3, -0.25) is 4.98 Å². The lowest BCUT2D eigenvalue weighted by atomic mass is 9.94. The zero-order chi connectivity index (χ0) is 17.0. The maximum Gasteiger partial charge on any atom is 0.340 e. The topological polar surface area (TPSA) is 65.5 Å². The number of hydrogen-bond donors (Lipinski definition) is 0. The van der Waals surface area contributed by atoms with E-state index in [-0.39, 0.29) is 13.2 Å². The smallest absolute Gasteiger partial charge is 0.340 e. The first kappa shape index (κ1) is 17.1. The second-order valence-electron chi connectivity index (χ2n) is 4.86. The van der Waals surface area contributed by atoms with Crippen LogP contribution in [0.3, 0.4) is 0 Å². The zero-order valence-corrected chi connectivity index (χ0v) is 14.5. The van der Waals surface area contributed by atoms with Crippen molar-refractivity contribution in [3.05, 3.63) is 39.3 Å². The van der Waals surface area contributed by atoms with Gasteiger partial charge in [0, 0.05) is 5.56 Å². The van der Waals surface area contributed by atoms with Gasteiger partial charge in [0.05, 0.1) is 35.7 Å². The number of rotatable bonds is 5. The molecule has 23 heavy (non-hydrogen) atoms. The van der Waals surface area contributed by atoms with Crippen molar-refractivity contribution in [1.29, 1.82) is 0 Å². The van der Waals surface area contributed by atoms with Crippen molar-refractivity contribution in [3.63, 3.8) is 0 Å². The van der Waals surface area contributed by atoms with Crippen LogP contribution < -0.4 is 0 Å². The number of carbonyl (C=O) groups excluding carboxylic acids is 2. The summed E-state index contributed by atoms with van der Waals surface area (Å²) in [6.07, 6.45) is 0. The number of esters is 2. The van der Waals surface area contributed by atoms with E-state index in [1.807, 2.05) is 16.8 Å². The summed E-state index contributed by atoms with van der Waals surface area (Å²) in [5.41, 5.74) is 3.03. The lowest BCUT2D eigenvalue weighted by Gasteiger charge is -2.16. The molecule has 0 bridgehead atoms. The molecule has 0 aliphatic heterocycles. The Morgan fingerprint density at radius 3 is 1.96 bits per heavy atom. The molecule has 5 nitrogen and oxygen atoms in total. The summed E-state index contributed by atoms with van der Waals surface area (Å²) in [6, 6.07) is 1.87. The molecule has 2 rings (SSSR count). The van der Waals surface area contributed by atoms with Crippen LogP contribution in [0.25, 0.3) is 11.1 Å². The highest BCUT2D eigenvalue weighted by molar-refractivity contribution is 7.08. The molecule has 0 fully saturated rings. The van der Waals surface area contributed by atoms with E-state index in [0.29, 0.717) is 28.1 Å². The number of pyridine rings is 1. The maximum absolute atomic E-state index is 12.4. The fraction of sp³-hybridized carbons (Fsp3) is 0.353. The van der Waals surface area contributed by atoms with Crippen LogP contribution in [0.2, 0.25) is 0 Å². The molecule has 0 aromatic carbocycles. The summed E-state index contributed by atoms with van der Waals surface area (Å²) >= 11 is 1.49. The van der Waals surface area contributed by atoms with Gasteiger partial charge in [0.15, 0.2) is 0 Å². The SMILES string of the molecule is CCOC(=O)c1c(C)nc(C)c(C(=O)OCC)c1-c1ccsc1. The molecule has 0 amide bonds. The van der Waals surface area contributed by atoms with Crippen molar-refractivity contribution in [1.82, 2.24) is 4.98 Å². The van der Waals surface area contributed by atoms with Crippen molar-refractivity contribution in [2.24, 2.45) is 0 Å². The van der Waals surface area contributed by atoms with Crippen LogP contribution in [-0.4, -0.2) is 30.1 Å². The van der Waals surface area contributed by atoms with Gasteiger partial charge in [-0.05, 0) is 50.1 Å². The molecular weight excluding hydrogens is 314 g/mol. The number of hydrogen-bond acceptors (Lipinski definition) is 6. The average Bonchev–Trinajstić information content (AvgIpc) is 3.00. The van der Waals surface area contributed by atoms with Crippen molar-refractivity contribution >= 4 is 23.3 Å². The molecular formula is C17H19NO4S. The van der Waals surface area contributed by atoms with Crippen LogP contribution in [0, 0.1) is 13.8 Å². The third-order valence-electron chi connectivity index (χ3n) is 3.33. The van der Waals surface area contributed by atoms with Gasteiger partial charge >= 0.3 is 11.9 Å². The predicted octanol–water partition coefficient (Wildman–Crippen LogP) is 3.78. The molecule has 0 aliphatic carbocycles. The number of thiophene rings is 1. The van der Waals surface area contributed by atoms with E-state index in [2.05, 4.69) is 4.98 Å². The quantitative estimate of drug-likeness (QED) is 0.779. The van der Waals surface area contributed by atoms with Gasteiger partial charge in [0.25, 0.3) is 0 Å². The first-order valence-corrected chi connectivity index (χ1v) is 8.33. The Morgan fingerprint density at radius 1 is 1.04 bits per heavy atom. The second-order valence-corrected chi connectivity index (χ2v) is 5.64. The standard InChI is InChI=1S/C17H19NO4S/c1-5-21-16(19)13-10(3)18-11(4)14(17(20)22-6-2)15(13)12-7-8-23-9-12/h7-9H,5-6H2,1-4H3. The van der Waals surface area contributed by atoms with Gasteiger partial charge in [-0.25, -0.2) is 9.59 Å². The van der Waals surface area contributed by atoms with Crippen LogP contribution >= 0.6 is 11.3 Å². The summed E-state index contributed by atoms with van der Waals surface area (Å²) in [5, 5.41) is 3.78. The van der Waals surface area contributed by atoms with E-state index in [1.165, 1.54) is 11.3 Å². The van der Waals surface area contributed by atoms with Crippen LogP contribution in [0.1, 0.15) is 46.0 Å². The first-order valence-electron chi connectivity index (χ1n) is 7.39. The van der Waals surface area contributed by atoms with Crippen molar-refractivity contribution in [2.75, 3.05) is 13.2 Å². The molecule has 0 unspecified atom stereocenters.